The van der Waals surface area contributed by atoms with Crippen LogP contribution in [0.1, 0.15) is 28.2 Å². The molecule has 3 rings (SSSR count). The number of morpholine rings is 1. The minimum absolute atomic E-state index is 0.295. The Kier molecular flexibility index (Phi) is 4.63. The zero-order chi connectivity index (χ0) is 16.4. The van der Waals surface area contributed by atoms with E-state index in [9.17, 15) is 4.79 Å². The van der Waals surface area contributed by atoms with E-state index in [0.29, 0.717) is 29.8 Å². The van der Waals surface area contributed by atoms with Gasteiger partial charge in [0.05, 0.1) is 48.5 Å². The quantitative estimate of drug-likeness (QED) is 0.634. The van der Waals surface area contributed by atoms with Crippen LogP contribution >= 0.6 is 11.6 Å². The number of rotatable bonds is 3. The molecule has 2 heterocycles. The molecule has 0 radical (unpaired) electrons. The molecule has 1 fully saturated rings. The van der Waals surface area contributed by atoms with Gasteiger partial charge < -0.3 is 14.4 Å². The molecule has 1 atom stereocenters. The van der Waals surface area contributed by atoms with Crippen molar-refractivity contribution in [1.82, 2.24) is 9.97 Å². The normalized spacial score (nSPS) is 16.4. The number of methoxy groups -OCH3 is 1. The maximum atomic E-state index is 11.8. The van der Waals surface area contributed by atoms with E-state index >= 15 is 0 Å². The number of carbonyl (C=O) groups is 1. The van der Waals surface area contributed by atoms with Crippen LogP contribution in [-0.2, 0) is 9.47 Å². The SMILES string of the molecule is COC(=O)c1cc(C(C)Cl)c2nc(N3CCOCC3)cnc2c1. The van der Waals surface area contributed by atoms with E-state index in [2.05, 4.69) is 9.88 Å². The van der Waals surface area contributed by atoms with Gasteiger partial charge in [-0.2, -0.15) is 0 Å². The number of aromatic nitrogens is 2. The zero-order valence-corrected chi connectivity index (χ0v) is 13.8. The second-order valence-electron chi connectivity index (χ2n) is 5.37. The lowest BCUT2D eigenvalue weighted by molar-refractivity contribution is 0.0601. The minimum Gasteiger partial charge on any atom is -0.465 e. The van der Waals surface area contributed by atoms with E-state index in [1.54, 1.807) is 18.3 Å². The molecular weight excluding hydrogens is 318 g/mol. The van der Waals surface area contributed by atoms with Gasteiger partial charge in [0.25, 0.3) is 0 Å². The first kappa shape index (κ1) is 16.0. The summed E-state index contributed by atoms with van der Waals surface area (Å²) < 4.78 is 10.1. The van der Waals surface area contributed by atoms with E-state index in [4.69, 9.17) is 26.1 Å². The van der Waals surface area contributed by atoms with Crippen LogP contribution in [0.5, 0.6) is 0 Å². The lowest BCUT2D eigenvalue weighted by Gasteiger charge is -2.27. The van der Waals surface area contributed by atoms with Crippen molar-refractivity contribution in [1.29, 1.82) is 0 Å². The number of esters is 1. The standard InChI is InChI=1S/C16H18ClN3O3/c1-10(17)12-7-11(16(21)22-2)8-13-15(12)19-14(9-18-13)20-3-5-23-6-4-20/h7-10H,3-6H2,1-2H3. The summed E-state index contributed by atoms with van der Waals surface area (Å²) in [6.07, 6.45) is 1.72. The maximum Gasteiger partial charge on any atom is 0.337 e. The fourth-order valence-corrected chi connectivity index (χ4v) is 2.78. The first-order valence-corrected chi connectivity index (χ1v) is 7.89. The number of nitrogens with zero attached hydrogens (tertiary/aromatic N) is 3. The van der Waals surface area contributed by atoms with E-state index in [1.807, 2.05) is 6.92 Å². The first-order chi connectivity index (χ1) is 11.1. The van der Waals surface area contributed by atoms with Crippen LogP contribution < -0.4 is 4.90 Å². The van der Waals surface area contributed by atoms with Crippen LogP contribution in [0.4, 0.5) is 5.82 Å². The van der Waals surface area contributed by atoms with Crippen molar-refractivity contribution in [3.8, 4) is 0 Å². The highest BCUT2D eigenvalue weighted by Crippen LogP contribution is 2.29. The minimum atomic E-state index is -0.412. The molecule has 1 aliphatic heterocycles. The highest BCUT2D eigenvalue weighted by molar-refractivity contribution is 6.21. The second kappa shape index (κ2) is 6.68. The summed E-state index contributed by atoms with van der Waals surface area (Å²) in [6.45, 7) is 4.78. The molecule has 23 heavy (non-hydrogen) atoms. The van der Waals surface area contributed by atoms with Crippen LogP contribution in [0.15, 0.2) is 18.3 Å². The molecule has 1 saturated heterocycles. The number of benzene rings is 1. The molecule has 0 N–H and O–H groups in total. The molecule has 0 spiro atoms. The predicted molar refractivity (Wildman–Crippen MR) is 88.2 cm³/mol. The first-order valence-electron chi connectivity index (χ1n) is 7.46. The Labute approximate surface area is 139 Å². The Morgan fingerprint density at radius 2 is 2.13 bits per heavy atom. The van der Waals surface area contributed by atoms with Crippen LogP contribution in [0, 0.1) is 0 Å². The lowest BCUT2D eigenvalue weighted by Crippen LogP contribution is -2.36. The molecule has 0 saturated carbocycles. The average molecular weight is 336 g/mol. The number of hydrogen-bond acceptors (Lipinski definition) is 6. The molecule has 0 amide bonds. The van der Waals surface area contributed by atoms with Gasteiger partial charge in [-0.3, -0.25) is 4.98 Å². The van der Waals surface area contributed by atoms with Crippen molar-refractivity contribution >= 4 is 34.4 Å². The third kappa shape index (κ3) is 3.23. The van der Waals surface area contributed by atoms with Gasteiger partial charge in [0.2, 0.25) is 0 Å². The van der Waals surface area contributed by atoms with E-state index in [-0.39, 0.29) is 5.38 Å². The molecule has 122 valence electrons. The van der Waals surface area contributed by atoms with Crippen molar-refractivity contribution < 1.29 is 14.3 Å². The van der Waals surface area contributed by atoms with Crippen LogP contribution in [0.3, 0.4) is 0 Å². The van der Waals surface area contributed by atoms with Crippen molar-refractivity contribution in [2.24, 2.45) is 0 Å². The van der Waals surface area contributed by atoms with Gasteiger partial charge in [0.15, 0.2) is 0 Å². The summed E-state index contributed by atoms with van der Waals surface area (Å²) in [5, 5.41) is -0.295. The molecule has 1 aliphatic rings. The highest BCUT2D eigenvalue weighted by Gasteiger charge is 2.18. The largest absolute Gasteiger partial charge is 0.465 e. The van der Waals surface area contributed by atoms with Crippen LogP contribution in [0.25, 0.3) is 11.0 Å². The Morgan fingerprint density at radius 1 is 1.39 bits per heavy atom. The van der Waals surface area contributed by atoms with Crippen molar-refractivity contribution in [3.63, 3.8) is 0 Å². The summed E-state index contributed by atoms with van der Waals surface area (Å²) in [7, 11) is 1.35. The van der Waals surface area contributed by atoms with Crippen molar-refractivity contribution in [2.45, 2.75) is 12.3 Å². The average Bonchev–Trinajstić information content (AvgIpc) is 2.60. The van der Waals surface area contributed by atoms with Gasteiger partial charge in [0, 0.05) is 13.1 Å². The number of anilines is 1. The molecule has 6 nitrogen and oxygen atoms in total. The van der Waals surface area contributed by atoms with Crippen LogP contribution in [0.2, 0.25) is 0 Å². The monoisotopic (exact) mass is 335 g/mol. The highest BCUT2D eigenvalue weighted by atomic mass is 35.5. The van der Waals surface area contributed by atoms with Crippen molar-refractivity contribution in [2.75, 3.05) is 38.3 Å². The van der Waals surface area contributed by atoms with E-state index < -0.39 is 5.97 Å². The van der Waals surface area contributed by atoms with E-state index in [1.165, 1.54) is 7.11 Å². The topological polar surface area (TPSA) is 64.5 Å². The fraction of sp³-hybridized carbons (Fsp3) is 0.438. The molecular formula is C16H18ClN3O3. The third-order valence-corrected chi connectivity index (χ3v) is 4.08. The molecule has 1 unspecified atom stereocenters. The van der Waals surface area contributed by atoms with Crippen LogP contribution in [-0.4, -0.2) is 49.4 Å². The summed E-state index contributed by atoms with van der Waals surface area (Å²) in [5.41, 5.74) is 2.54. The number of fused-ring (bicyclic) bond motifs is 1. The fourth-order valence-electron chi connectivity index (χ4n) is 2.62. The Bertz CT molecular complexity index is 730. The molecule has 0 bridgehead atoms. The summed E-state index contributed by atoms with van der Waals surface area (Å²) >= 11 is 6.29. The van der Waals surface area contributed by atoms with Crippen molar-refractivity contribution in [3.05, 3.63) is 29.5 Å². The van der Waals surface area contributed by atoms with Gasteiger partial charge >= 0.3 is 5.97 Å². The maximum absolute atomic E-state index is 11.8. The predicted octanol–water partition coefficient (Wildman–Crippen LogP) is 2.55. The number of alkyl halides is 1. The molecule has 1 aromatic carbocycles. The lowest BCUT2D eigenvalue weighted by atomic mass is 10.1. The molecule has 1 aromatic heterocycles. The molecule has 7 heteroatoms. The summed E-state index contributed by atoms with van der Waals surface area (Å²) in [4.78, 5) is 23.1. The summed E-state index contributed by atoms with van der Waals surface area (Å²) in [5.74, 6) is 0.384. The summed E-state index contributed by atoms with van der Waals surface area (Å²) in [6, 6.07) is 3.41. The van der Waals surface area contributed by atoms with Gasteiger partial charge in [-0.15, -0.1) is 11.6 Å². The van der Waals surface area contributed by atoms with E-state index in [0.717, 1.165) is 24.5 Å². The van der Waals surface area contributed by atoms with Gasteiger partial charge in [-0.25, -0.2) is 9.78 Å². The Morgan fingerprint density at radius 3 is 2.78 bits per heavy atom. The smallest absolute Gasteiger partial charge is 0.337 e. The number of carbonyl (C=O) groups excluding carboxylic acids is 1. The number of ether oxygens (including phenoxy) is 2. The van der Waals surface area contributed by atoms with Gasteiger partial charge in [-0.1, -0.05) is 0 Å². The Balaban J connectivity index is 2.09. The van der Waals surface area contributed by atoms with Gasteiger partial charge in [0.1, 0.15) is 5.82 Å². The molecule has 0 aliphatic carbocycles. The zero-order valence-electron chi connectivity index (χ0n) is 13.1. The van der Waals surface area contributed by atoms with Gasteiger partial charge in [-0.05, 0) is 24.6 Å². The Hall–Kier alpha value is -1.92. The third-order valence-electron chi connectivity index (χ3n) is 3.85. The molecule has 2 aromatic rings. The number of hydrogen-bond donors (Lipinski definition) is 0. The number of halogens is 1. The second-order valence-corrected chi connectivity index (χ2v) is 6.02.